The molecule has 19 heavy (non-hydrogen) atoms. The lowest BCUT2D eigenvalue weighted by atomic mass is 10.3. The molecule has 2 rings (SSSR count). The Morgan fingerprint density at radius 1 is 1.21 bits per heavy atom. The molecule has 0 aliphatic heterocycles. The van der Waals surface area contributed by atoms with E-state index < -0.39 is 11.2 Å². The molecular formula is C11H7Br2ClN2O3. The molecule has 1 heterocycles. The zero-order chi connectivity index (χ0) is 14.2. The summed E-state index contributed by atoms with van der Waals surface area (Å²) in [6.45, 7) is 0. The molecule has 0 radical (unpaired) electrons. The summed E-state index contributed by atoms with van der Waals surface area (Å²) in [5, 5.41) is -0.00792. The fraction of sp³-hybridized carbons (Fsp3) is 0.0909. The van der Waals surface area contributed by atoms with Gasteiger partial charge in [-0.1, -0.05) is 11.6 Å². The Morgan fingerprint density at radius 3 is 2.47 bits per heavy atom. The van der Waals surface area contributed by atoms with Crippen LogP contribution in [0.5, 0.6) is 5.75 Å². The highest BCUT2D eigenvalue weighted by atomic mass is 79.9. The van der Waals surface area contributed by atoms with Crippen molar-refractivity contribution in [1.82, 2.24) is 9.55 Å². The molecule has 0 atom stereocenters. The first-order valence-corrected chi connectivity index (χ1v) is 6.95. The molecule has 0 saturated carbocycles. The van der Waals surface area contributed by atoms with Crippen LogP contribution < -0.4 is 16.0 Å². The van der Waals surface area contributed by atoms with Crippen molar-refractivity contribution in [1.29, 1.82) is 0 Å². The number of aromatic amines is 1. The maximum Gasteiger partial charge on any atom is 0.334 e. The standard InChI is InChI=1S/C11H7Br2ClN2O3/c1-19-8-3-7(5(12)2-6(8)13)16-10(17)4-9(14)15-11(16)18/h2-4H,1H3,(H,15,18). The fourth-order valence-corrected chi connectivity index (χ4v) is 3.05. The third-order valence-corrected chi connectivity index (χ3v) is 3.82. The summed E-state index contributed by atoms with van der Waals surface area (Å²) >= 11 is 12.2. The van der Waals surface area contributed by atoms with E-state index in [1.54, 1.807) is 12.1 Å². The van der Waals surface area contributed by atoms with E-state index in [2.05, 4.69) is 36.8 Å². The summed E-state index contributed by atoms with van der Waals surface area (Å²) in [6.07, 6.45) is 0. The molecule has 1 N–H and O–H groups in total. The van der Waals surface area contributed by atoms with Crippen molar-refractivity contribution in [2.24, 2.45) is 0 Å². The van der Waals surface area contributed by atoms with Gasteiger partial charge in [-0.3, -0.25) is 9.78 Å². The summed E-state index contributed by atoms with van der Waals surface area (Å²) in [6, 6.07) is 4.39. The number of nitrogens with zero attached hydrogens (tertiary/aromatic N) is 1. The number of rotatable bonds is 2. The van der Waals surface area contributed by atoms with Gasteiger partial charge >= 0.3 is 5.69 Å². The highest BCUT2D eigenvalue weighted by Crippen LogP contribution is 2.32. The molecule has 0 amide bonds. The van der Waals surface area contributed by atoms with Crippen molar-refractivity contribution in [2.75, 3.05) is 7.11 Å². The summed E-state index contributed by atoms with van der Waals surface area (Å²) < 4.78 is 7.37. The van der Waals surface area contributed by atoms with Crippen LogP contribution in [0.4, 0.5) is 0 Å². The second-order valence-corrected chi connectivity index (χ2v) is 5.65. The highest BCUT2D eigenvalue weighted by molar-refractivity contribution is 9.11. The van der Waals surface area contributed by atoms with E-state index in [1.165, 1.54) is 7.11 Å². The van der Waals surface area contributed by atoms with Gasteiger partial charge < -0.3 is 4.74 Å². The van der Waals surface area contributed by atoms with Gasteiger partial charge in [0.2, 0.25) is 0 Å². The van der Waals surface area contributed by atoms with Crippen molar-refractivity contribution in [3.05, 3.63) is 53.1 Å². The minimum absolute atomic E-state index is 0.00792. The van der Waals surface area contributed by atoms with Gasteiger partial charge in [0.1, 0.15) is 10.9 Å². The van der Waals surface area contributed by atoms with Crippen molar-refractivity contribution >= 4 is 43.5 Å². The lowest BCUT2D eigenvalue weighted by Gasteiger charge is -2.10. The van der Waals surface area contributed by atoms with Gasteiger partial charge in [0, 0.05) is 16.6 Å². The van der Waals surface area contributed by atoms with E-state index in [4.69, 9.17) is 16.3 Å². The van der Waals surface area contributed by atoms with Crippen LogP contribution >= 0.6 is 43.5 Å². The third kappa shape index (κ3) is 2.77. The lowest BCUT2D eigenvalue weighted by Crippen LogP contribution is -2.33. The Bertz CT molecular complexity index is 723. The summed E-state index contributed by atoms with van der Waals surface area (Å²) in [5.41, 5.74) is -0.788. The van der Waals surface area contributed by atoms with Gasteiger partial charge in [-0.15, -0.1) is 0 Å². The molecule has 0 saturated heterocycles. The smallest absolute Gasteiger partial charge is 0.334 e. The van der Waals surface area contributed by atoms with Crippen LogP contribution in [0.25, 0.3) is 5.69 Å². The molecule has 0 aliphatic carbocycles. The fourth-order valence-electron chi connectivity index (χ4n) is 1.54. The van der Waals surface area contributed by atoms with Crippen LogP contribution in [-0.4, -0.2) is 16.7 Å². The first-order chi connectivity index (χ1) is 8.93. The zero-order valence-corrected chi connectivity index (χ0v) is 13.5. The number of hydrogen-bond acceptors (Lipinski definition) is 3. The topological polar surface area (TPSA) is 64.1 Å². The van der Waals surface area contributed by atoms with Gasteiger partial charge in [0.25, 0.3) is 5.56 Å². The van der Waals surface area contributed by atoms with Crippen LogP contribution in [0, 0.1) is 0 Å². The SMILES string of the molecule is COc1cc(-n2c(=O)cc(Cl)[nH]c2=O)c(Br)cc1Br. The van der Waals surface area contributed by atoms with Crippen molar-refractivity contribution < 1.29 is 4.74 Å². The zero-order valence-electron chi connectivity index (χ0n) is 9.54. The summed E-state index contributed by atoms with van der Waals surface area (Å²) in [5.74, 6) is 0.499. The van der Waals surface area contributed by atoms with Crippen molar-refractivity contribution in [3.63, 3.8) is 0 Å². The number of halogens is 3. The van der Waals surface area contributed by atoms with Gasteiger partial charge in [0.05, 0.1) is 17.3 Å². The highest BCUT2D eigenvalue weighted by Gasteiger charge is 2.13. The molecule has 100 valence electrons. The molecular weight excluding hydrogens is 403 g/mol. The molecule has 0 bridgehead atoms. The Labute approximate surface area is 129 Å². The second kappa shape index (κ2) is 5.52. The molecule has 1 aromatic heterocycles. The Hall–Kier alpha value is -1.05. The van der Waals surface area contributed by atoms with E-state index in [0.29, 0.717) is 20.4 Å². The molecule has 1 aromatic carbocycles. The van der Waals surface area contributed by atoms with Gasteiger partial charge in [-0.2, -0.15) is 0 Å². The first-order valence-electron chi connectivity index (χ1n) is 4.99. The molecule has 2 aromatic rings. The Balaban J connectivity index is 2.80. The minimum atomic E-state index is -0.623. The van der Waals surface area contributed by atoms with Gasteiger partial charge in [-0.25, -0.2) is 9.36 Å². The quantitative estimate of drug-likeness (QED) is 0.775. The maximum absolute atomic E-state index is 11.9. The van der Waals surface area contributed by atoms with Crippen molar-refractivity contribution in [3.8, 4) is 11.4 Å². The van der Waals surface area contributed by atoms with E-state index in [-0.39, 0.29) is 5.15 Å². The number of nitrogens with one attached hydrogen (secondary N) is 1. The van der Waals surface area contributed by atoms with Crippen LogP contribution in [0.2, 0.25) is 5.15 Å². The Kier molecular flexibility index (Phi) is 4.17. The normalized spacial score (nSPS) is 10.5. The number of methoxy groups -OCH3 is 1. The van der Waals surface area contributed by atoms with Gasteiger partial charge in [0.15, 0.2) is 0 Å². The van der Waals surface area contributed by atoms with E-state index in [0.717, 1.165) is 10.6 Å². The van der Waals surface area contributed by atoms with E-state index in [9.17, 15) is 9.59 Å². The molecule has 0 fully saturated rings. The van der Waals surface area contributed by atoms with Crippen LogP contribution in [-0.2, 0) is 0 Å². The largest absolute Gasteiger partial charge is 0.495 e. The maximum atomic E-state index is 11.9. The van der Waals surface area contributed by atoms with E-state index in [1.807, 2.05) is 0 Å². The molecule has 8 heteroatoms. The average Bonchev–Trinajstić information content (AvgIpc) is 2.30. The van der Waals surface area contributed by atoms with Crippen molar-refractivity contribution in [2.45, 2.75) is 0 Å². The average molecular weight is 410 g/mol. The number of H-pyrrole nitrogens is 1. The molecule has 5 nitrogen and oxygen atoms in total. The molecule has 0 aliphatic rings. The lowest BCUT2D eigenvalue weighted by molar-refractivity contribution is 0.412. The van der Waals surface area contributed by atoms with E-state index >= 15 is 0 Å². The number of hydrogen-bond donors (Lipinski definition) is 1. The van der Waals surface area contributed by atoms with Gasteiger partial charge in [-0.05, 0) is 37.9 Å². The molecule has 0 spiro atoms. The first kappa shape index (κ1) is 14.4. The number of ether oxygens (including phenoxy) is 1. The Morgan fingerprint density at radius 2 is 1.89 bits per heavy atom. The minimum Gasteiger partial charge on any atom is -0.495 e. The second-order valence-electron chi connectivity index (χ2n) is 3.53. The monoisotopic (exact) mass is 408 g/mol. The third-order valence-electron chi connectivity index (χ3n) is 2.36. The van der Waals surface area contributed by atoms with Crippen LogP contribution in [0.3, 0.4) is 0 Å². The predicted molar refractivity (Wildman–Crippen MR) is 79.6 cm³/mol. The number of aromatic nitrogens is 2. The summed E-state index contributed by atoms with van der Waals surface area (Å²) in [7, 11) is 1.49. The molecule has 0 unspecified atom stereocenters. The predicted octanol–water partition coefficient (Wildman–Crippen LogP) is 2.71. The number of benzene rings is 1. The van der Waals surface area contributed by atoms with Crippen LogP contribution in [0.15, 0.2) is 36.7 Å². The summed E-state index contributed by atoms with van der Waals surface area (Å²) in [4.78, 5) is 26.1. The van der Waals surface area contributed by atoms with Crippen LogP contribution in [0.1, 0.15) is 0 Å².